The molecule has 0 bridgehead atoms. The third-order valence-electron chi connectivity index (χ3n) is 5.76. The van der Waals surface area contributed by atoms with Crippen LogP contribution in [-0.2, 0) is 27.9 Å². The highest BCUT2D eigenvalue weighted by atomic mass is 16.5. The van der Waals surface area contributed by atoms with E-state index in [1.807, 2.05) is 54.1 Å². The number of nitrogens with one attached hydrogen (secondary N) is 1. The molecule has 0 atom stereocenters. The molecule has 1 N–H and O–H groups in total. The summed E-state index contributed by atoms with van der Waals surface area (Å²) in [6.45, 7) is 1.09. The standard InChI is InChI=1S/C24H24N4O3/c1-3-22(29)28(19-9-10-20-21(15-19)27(2)17-26-20)24(11-13-31-14-12-24)23(30)25-16-18-7-5-4-6-8-18/h1,4-10,15,17H,11-14,16H2,2H3,(H,25,30). The molecule has 0 aliphatic carbocycles. The summed E-state index contributed by atoms with van der Waals surface area (Å²) in [6.07, 6.45) is 7.95. The first-order valence-electron chi connectivity index (χ1n) is 10.2. The minimum absolute atomic E-state index is 0.242. The summed E-state index contributed by atoms with van der Waals surface area (Å²) < 4.78 is 7.39. The van der Waals surface area contributed by atoms with Gasteiger partial charge in [0.05, 0.1) is 17.4 Å². The molecule has 31 heavy (non-hydrogen) atoms. The fraction of sp³-hybridized carbons (Fsp3) is 0.292. The predicted octanol–water partition coefficient (Wildman–Crippen LogP) is 2.41. The lowest BCUT2D eigenvalue weighted by Gasteiger charge is -2.44. The number of carbonyl (C=O) groups excluding carboxylic acids is 2. The zero-order valence-corrected chi connectivity index (χ0v) is 17.4. The molecule has 0 saturated carbocycles. The first-order chi connectivity index (χ1) is 15.0. The maximum atomic E-state index is 13.6. The highest BCUT2D eigenvalue weighted by Gasteiger charge is 2.48. The molecule has 3 aromatic rings. The number of anilines is 1. The molecule has 0 radical (unpaired) electrons. The molecule has 4 rings (SSSR count). The largest absolute Gasteiger partial charge is 0.381 e. The van der Waals surface area contributed by atoms with Crippen molar-refractivity contribution in [2.24, 2.45) is 7.05 Å². The lowest BCUT2D eigenvalue weighted by atomic mass is 9.85. The molecule has 0 unspecified atom stereocenters. The Labute approximate surface area is 181 Å². The van der Waals surface area contributed by atoms with Crippen LogP contribution in [0.5, 0.6) is 0 Å². The van der Waals surface area contributed by atoms with Gasteiger partial charge >= 0.3 is 5.91 Å². The molecule has 1 aliphatic rings. The SMILES string of the molecule is C#CC(=O)N(c1ccc2ncn(C)c2c1)C1(C(=O)NCc2ccccc2)CCOCC1. The number of benzene rings is 2. The number of hydrogen-bond donors (Lipinski definition) is 1. The average molecular weight is 416 g/mol. The molecule has 0 spiro atoms. The Morgan fingerprint density at radius 2 is 1.97 bits per heavy atom. The van der Waals surface area contributed by atoms with Crippen molar-refractivity contribution in [3.05, 3.63) is 60.4 Å². The maximum Gasteiger partial charge on any atom is 0.303 e. The maximum absolute atomic E-state index is 13.6. The number of rotatable bonds is 5. The van der Waals surface area contributed by atoms with Gasteiger partial charge in [-0.3, -0.25) is 14.5 Å². The second-order valence-corrected chi connectivity index (χ2v) is 7.63. The molecule has 158 valence electrons. The van der Waals surface area contributed by atoms with E-state index in [1.54, 1.807) is 12.4 Å². The topological polar surface area (TPSA) is 76.5 Å². The summed E-state index contributed by atoms with van der Waals surface area (Å²) in [5.74, 6) is 1.42. The van der Waals surface area contributed by atoms with Crippen LogP contribution >= 0.6 is 0 Å². The van der Waals surface area contributed by atoms with Gasteiger partial charge in [-0.15, -0.1) is 6.42 Å². The highest BCUT2D eigenvalue weighted by molar-refractivity contribution is 6.11. The number of ether oxygens (including phenoxy) is 1. The fourth-order valence-electron chi connectivity index (χ4n) is 4.08. The minimum atomic E-state index is -1.14. The minimum Gasteiger partial charge on any atom is -0.381 e. The second kappa shape index (κ2) is 8.62. The molecule has 2 amide bonds. The van der Waals surface area contributed by atoms with E-state index in [0.29, 0.717) is 38.3 Å². The van der Waals surface area contributed by atoms with Crippen LogP contribution in [0.2, 0.25) is 0 Å². The Hall–Kier alpha value is -3.63. The van der Waals surface area contributed by atoms with E-state index >= 15 is 0 Å². The van der Waals surface area contributed by atoms with Gasteiger partial charge < -0.3 is 14.6 Å². The van der Waals surface area contributed by atoms with E-state index in [4.69, 9.17) is 11.2 Å². The summed E-state index contributed by atoms with van der Waals surface area (Å²) in [4.78, 5) is 32.4. The first kappa shape index (κ1) is 20.6. The van der Waals surface area contributed by atoms with Gasteiger partial charge in [0.1, 0.15) is 5.54 Å². The number of aromatic nitrogens is 2. The smallest absolute Gasteiger partial charge is 0.303 e. The number of hydrogen-bond acceptors (Lipinski definition) is 4. The summed E-state index contributed by atoms with van der Waals surface area (Å²) in [5, 5.41) is 3.01. The Morgan fingerprint density at radius 3 is 2.68 bits per heavy atom. The number of carbonyl (C=O) groups is 2. The van der Waals surface area contributed by atoms with Crippen molar-refractivity contribution in [2.75, 3.05) is 18.1 Å². The normalized spacial score (nSPS) is 15.2. The van der Waals surface area contributed by atoms with Crippen LogP contribution in [-0.4, -0.2) is 40.1 Å². The number of amides is 2. The quantitative estimate of drug-likeness (QED) is 0.648. The summed E-state index contributed by atoms with van der Waals surface area (Å²) in [5.41, 5.74) is 2.05. The zero-order valence-electron chi connectivity index (χ0n) is 17.4. The zero-order chi connectivity index (χ0) is 21.8. The van der Waals surface area contributed by atoms with Gasteiger partial charge in [0.2, 0.25) is 5.91 Å². The lowest BCUT2D eigenvalue weighted by molar-refractivity contribution is -0.133. The van der Waals surface area contributed by atoms with E-state index in [9.17, 15) is 9.59 Å². The van der Waals surface area contributed by atoms with Gasteiger partial charge in [-0.25, -0.2) is 4.98 Å². The Bertz CT molecular complexity index is 1140. The molecule has 1 aromatic heterocycles. The number of terminal acetylenes is 1. The Balaban J connectivity index is 1.74. The van der Waals surface area contributed by atoms with Crippen LogP contribution in [0.4, 0.5) is 5.69 Å². The van der Waals surface area contributed by atoms with Gasteiger partial charge in [0.25, 0.3) is 0 Å². The van der Waals surface area contributed by atoms with E-state index < -0.39 is 11.4 Å². The van der Waals surface area contributed by atoms with E-state index in [2.05, 4.69) is 16.2 Å². The van der Waals surface area contributed by atoms with Crippen LogP contribution < -0.4 is 10.2 Å². The lowest BCUT2D eigenvalue weighted by Crippen LogP contribution is -2.63. The Morgan fingerprint density at radius 1 is 1.23 bits per heavy atom. The van der Waals surface area contributed by atoms with Crippen molar-refractivity contribution in [1.82, 2.24) is 14.9 Å². The molecule has 1 saturated heterocycles. The molecular formula is C24H24N4O3. The van der Waals surface area contributed by atoms with Gasteiger partial charge in [0, 0.05) is 45.3 Å². The average Bonchev–Trinajstić information content (AvgIpc) is 3.19. The van der Waals surface area contributed by atoms with Crippen molar-refractivity contribution in [3.8, 4) is 12.3 Å². The van der Waals surface area contributed by atoms with Crippen molar-refractivity contribution < 1.29 is 14.3 Å². The van der Waals surface area contributed by atoms with Crippen molar-refractivity contribution in [2.45, 2.75) is 24.9 Å². The third kappa shape index (κ3) is 3.90. The summed E-state index contributed by atoms with van der Waals surface area (Å²) in [7, 11) is 1.88. The molecular weight excluding hydrogens is 392 g/mol. The summed E-state index contributed by atoms with van der Waals surface area (Å²) in [6, 6.07) is 15.1. The molecule has 7 heteroatoms. The molecule has 2 heterocycles. The van der Waals surface area contributed by atoms with Crippen LogP contribution in [0.25, 0.3) is 11.0 Å². The number of imidazole rings is 1. The molecule has 1 fully saturated rings. The number of fused-ring (bicyclic) bond motifs is 1. The van der Waals surface area contributed by atoms with E-state index in [-0.39, 0.29) is 5.91 Å². The Kier molecular flexibility index (Phi) is 5.74. The summed E-state index contributed by atoms with van der Waals surface area (Å²) >= 11 is 0. The van der Waals surface area contributed by atoms with Crippen molar-refractivity contribution in [1.29, 1.82) is 0 Å². The first-order valence-corrected chi connectivity index (χ1v) is 10.2. The van der Waals surface area contributed by atoms with Crippen LogP contribution in [0.3, 0.4) is 0 Å². The van der Waals surface area contributed by atoms with Gasteiger partial charge in [0.15, 0.2) is 0 Å². The van der Waals surface area contributed by atoms with Crippen LogP contribution in [0, 0.1) is 12.3 Å². The van der Waals surface area contributed by atoms with Crippen LogP contribution in [0.15, 0.2) is 54.9 Å². The second-order valence-electron chi connectivity index (χ2n) is 7.63. The van der Waals surface area contributed by atoms with Gasteiger partial charge in [-0.2, -0.15) is 0 Å². The van der Waals surface area contributed by atoms with Crippen molar-refractivity contribution >= 4 is 28.5 Å². The predicted molar refractivity (Wildman–Crippen MR) is 118 cm³/mol. The fourth-order valence-corrected chi connectivity index (χ4v) is 4.08. The van der Waals surface area contributed by atoms with E-state index in [1.165, 1.54) is 4.90 Å². The van der Waals surface area contributed by atoms with Crippen LogP contribution in [0.1, 0.15) is 18.4 Å². The monoisotopic (exact) mass is 416 g/mol. The molecule has 1 aliphatic heterocycles. The van der Waals surface area contributed by atoms with Crippen molar-refractivity contribution in [3.63, 3.8) is 0 Å². The molecule has 7 nitrogen and oxygen atoms in total. The third-order valence-corrected chi connectivity index (χ3v) is 5.76. The number of nitrogens with zero attached hydrogens (tertiary/aromatic N) is 3. The molecule has 2 aromatic carbocycles. The highest BCUT2D eigenvalue weighted by Crippen LogP contribution is 2.35. The van der Waals surface area contributed by atoms with Gasteiger partial charge in [-0.1, -0.05) is 30.3 Å². The van der Waals surface area contributed by atoms with Gasteiger partial charge in [-0.05, 0) is 29.7 Å². The van der Waals surface area contributed by atoms with E-state index in [0.717, 1.165) is 16.6 Å². The number of aryl methyl sites for hydroxylation is 1.